The Balaban J connectivity index is 2.46. The Morgan fingerprint density at radius 2 is 1.95 bits per heavy atom. The molecule has 0 saturated heterocycles. The molecule has 19 heavy (non-hydrogen) atoms. The monoisotopic (exact) mass is 266 g/mol. The third-order valence-electron chi connectivity index (χ3n) is 2.71. The van der Waals surface area contributed by atoms with Gasteiger partial charge in [-0.3, -0.25) is 0 Å². The first-order valence-corrected chi connectivity index (χ1v) is 7.05. The van der Waals surface area contributed by atoms with E-state index in [4.69, 9.17) is 4.74 Å². The van der Waals surface area contributed by atoms with Crippen LogP contribution < -0.4 is 10.6 Å². The smallest absolute Gasteiger partial charge is 0.135 e. The Labute approximate surface area is 116 Å². The van der Waals surface area contributed by atoms with Crippen LogP contribution in [0.3, 0.4) is 0 Å². The largest absolute Gasteiger partial charge is 0.380 e. The lowest BCUT2D eigenvalue weighted by molar-refractivity contribution is 0.141. The molecule has 1 aromatic heterocycles. The lowest BCUT2D eigenvalue weighted by Gasteiger charge is -2.11. The van der Waals surface area contributed by atoms with E-state index in [0.29, 0.717) is 12.5 Å². The highest BCUT2D eigenvalue weighted by Gasteiger charge is 2.06. The van der Waals surface area contributed by atoms with E-state index in [1.165, 1.54) is 6.42 Å². The Kier molecular flexibility index (Phi) is 7.18. The Hall–Kier alpha value is -1.36. The van der Waals surface area contributed by atoms with Gasteiger partial charge < -0.3 is 15.4 Å². The summed E-state index contributed by atoms with van der Waals surface area (Å²) in [6.07, 6.45) is 2.29. The summed E-state index contributed by atoms with van der Waals surface area (Å²) in [7, 11) is 1.87. The molecular weight excluding hydrogens is 240 g/mol. The molecule has 0 saturated carbocycles. The highest BCUT2D eigenvalue weighted by Crippen LogP contribution is 2.16. The van der Waals surface area contributed by atoms with Gasteiger partial charge in [0.2, 0.25) is 0 Å². The van der Waals surface area contributed by atoms with Gasteiger partial charge in [0.05, 0.1) is 6.61 Å². The molecule has 108 valence electrons. The fourth-order valence-electron chi connectivity index (χ4n) is 1.54. The number of hydrogen-bond acceptors (Lipinski definition) is 5. The van der Waals surface area contributed by atoms with E-state index in [-0.39, 0.29) is 0 Å². The van der Waals surface area contributed by atoms with Crippen molar-refractivity contribution in [3.63, 3.8) is 0 Å². The molecule has 1 heterocycles. The maximum absolute atomic E-state index is 5.51. The summed E-state index contributed by atoms with van der Waals surface area (Å²) >= 11 is 0. The van der Waals surface area contributed by atoms with Crippen LogP contribution in [-0.2, 0) is 4.74 Å². The highest BCUT2D eigenvalue weighted by molar-refractivity contribution is 5.47. The Morgan fingerprint density at radius 1 is 1.21 bits per heavy atom. The first-order valence-electron chi connectivity index (χ1n) is 7.05. The molecule has 1 aromatic rings. The van der Waals surface area contributed by atoms with Crippen LogP contribution in [0.15, 0.2) is 6.07 Å². The number of aromatic nitrogens is 2. The SMILES string of the molecule is CCCCOCCNc1cc(NC)nc(C(C)C)n1. The second-order valence-corrected chi connectivity index (χ2v) is 4.79. The first-order chi connectivity index (χ1) is 9.17. The van der Waals surface area contributed by atoms with Gasteiger partial charge in [0.15, 0.2) is 0 Å². The topological polar surface area (TPSA) is 59.1 Å². The van der Waals surface area contributed by atoms with E-state index in [1.54, 1.807) is 0 Å². The van der Waals surface area contributed by atoms with Gasteiger partial charge in [-0.25, -0.2) is 9.97 Å². The van der Waals surface area contributed by atoms with Crippen molar-refractivity contribution in [2.45, 2.75) is 39.5 Å². The van der Waals surface area contributed by atoms with Crippen molar-refractivity contribution in [2.24, 2.45) is 0 Å². The van der Waals surface area contributed by atoms with Gasteiger partial charge in [-0.05, 0) is 6.42 Å². The molecule has 0 aromatic carbocycles. The van der Waals surface area contributed by atoms with Gasteiger partial charge in [-0.15, -0.1) is 0 Å². The molecule has 0 aliphatic carbocycles. The van der Waals surface area contributed by atoms with Crippen molar-refractivity contribution in [1.29, 1.82) is 0 Å². The molecule has 0 fully saturated rings. The van der Waals surface area contributed by atoms with Gasteiger partial charge in [-0.2, -0.15) is 0 Å². The lowest BCUT2D eigenvalue weighted by atomic mass is 10.2. The van der Waals surface area contributed by atoms with Gasteiger partial charge in [0, 0.05) is 32.2 Å². The van der Waals surface area contributed by atoms with Crippen molar-refractivity contribution >= 4 is 11.6 Å². The molecule has 2 N–H and O–H groups in total. The minimum atomic E-state index is 0.314. The van der Waals surface area contributed by atoms with Crippen molar-refractivity contribution in [2.75, 3.05) is 37.4 Å². The van der Waals surface area contributed by atoms with Crippen LogP contribution in [0.2, 0.25) is 0 Å². The van der Waals surface area contributed by atoms with E-state index in [0.717, 1.165) is 37.0 Å². The number of unbranched alkanes of at least 4 members (excludes halogenated alkanes) is 1. The van der Waals surface area contributed by atoms with Gasteiger partial charge in [0.1, 0.15) is 17.5 Å². The first kappa shape index (κ1) is 15.7. The van der Waals surface area contributed by atoms with Gasteiger partial charge in [-0.1, -0.05) is 27.2 Å². The minimum Gasteiger partial charge on any atom is -0.380 e. The van der Waals surface area contributed by atoms with E-state index in [1.807, 2.05) is 13.1 Å². The maximum Gasteiger partial charge on any atom is 0.135 e. The third-order valence-corrected chi connectivity index (χ3v) is 2.71. The third kappa shape index (κ3) is 5.87. The Morgan fingerprint density at radius 3 is 2.58 bits per heavy atom. The van der Waals surface area contributed by atoms with Crippen LogP contribution in [0.5, 0.6) is 0 Å². The van der Waals surface area contributed by atoms with Crippen molar-refractivity contribution in [3.8, 4) is 0 Å². The fraction of sp³-hybridized carbons (Fsp3) is 0.714. The zero-order valence-electron chi connectivity index (χ0n) is 12.5. The van der Waals surface area contributed by atoms with Crippen molar-refractivity contribution < 1.29 is 4.74 Å². The van der Waals surface area contributed by atoms with E-state index < -0.39 is 0 Å². The number of nitrogens with zero attached hydrogens (tertiary/aromatic N) is 2. The zero-order valence-corrected chi connectivity index (χ0v) is 12.5. The summed E-state index contributed by atoms with van der Waals surface area (Å²) in [5, 5.41) is 6.33. The molecule has 1 rings (SSSR count). The van der Waals surface area contributed by atoms with Crippen molar-refractivity contribution in [3.05, 3.63) is 11.9 Å². The summed E-state index contributed by atoms with van der Waals surface area (Å²) in [6.45, 7) is 8.65. The molecule has 0 unspecified atom stereocenters. The maximum atomic E-state index is 5.51. The molecule has 0 aliphatic rings. The average molecular weight is 266 g/mol. The predicted octanol–water partition coefficient (Wildman–Crippen LogP) is 2.87. The second kappa shape index (κ2) is 8.69. The standard InChI is InChI=1S/C14H26N4O/c1-5-6-8-19-9-7-16-13-10-12(15-4)17-14(18-13)11(2)3/h10-11H,5-9H2,1-4H3,(H2,15,16,17,18). The molecule has 0 atom stereocenters. The number of anilines is 2. The van der Waals surface area contributed by atoms with Crippen LogP contribution in [0.1, 0.15) is 45.4 Å². The van der Waals surface area contributed by atoms with E-state index in [2.05, 4.69) is 41.4 Å². The number of rotatable bonds is 9. The minimum absolute atomic E-state index is 0.314. The summed E-state index contributed by atoms with van der Waals surface area (Å²) in [4.78, 5) is 8.92. The predicted molar refractivity (Wildman–Crippen MR) is 79.9 cm³/mol. The summed E-state index contributed by atoms with van der Waals surface area (Å²) in [5.74, 6) is 2.85. The molecule has 0 amide bonds. The molecule has 0 spiro atoms. The number of hydrogen-bond donors (Lipinski definition) is 2. The van der Waals surface area contributed by atoms with Crippen LogP contribution >= 0.6 is 0 Å². The Bertz CT molecular complexity index is 368. The van der Waals surface area contributed by atoms with Gasteiger partial charge >= 0.3 is 0 Å². The number of ether oxygens (including phenoxy) is 1. The van der Waals surface area contributed by atoms with E-state index in [9.17, 15) is 0 Å². The van der Waals surface area contributed by atoms with E-state index >= 15 is 0 Å². The normalized spacial score (nSPS) is 10.8. The quantitative estimate of drug-likeness (QED) is 0.673. The summed E-state index contributed by atoms with van der Waals surface area (Å²) in [5.41, 5.74) is 0. The van der Waals surface area contributed by atoms with Gasteiger partial charge in [0.25, 0.3) is 0 Å². The number of nitrogens with one attached hydrogen (secondary N) is 2. The lowest BCUT2D eigenvalue weighted by Crippen LogP contribution is -2.13. The summed E-state index contributed by atoms with van der Waals surface area (Å²) < 4.78 is 5.51. The molecule has 0 aliphatic heterocycles. The molecule has 0 radical (unpaired) electrons. The zero-order chi connectivity index (χ0) is 14.1. The van der Waals surface area contributed by atoms with Crippen molar-refractivity contribution in [1.82, 2.24) is 9.97 Å². The van der Waals surface area contributed by atoms with Crippen LogP contribution in [-0.4, -0.2) is 36.8 Å². The fourth-order valence-corrected chi connectivity index (χ4v) is 1.54. The van der Waals surface area contributed by atoms with Crippen LogP contribution in [0, 0.1) is 0 Å². The molecular formula is C14H26N4O. The van der Waals surface area contributed by atoms with Crippen LogP contribution in [0.25, 0.3) is 0 Å². The molecule has 5 nitrogen and oxygen atoms in total. The second-order valence-electron chi connectivity index (χ2n) is 4.79. The highest BCUT2D eigenvalue weighted by atomic mass is 16.5. The molecule has 5 heteroatoms. The average Bonchev–Trinajstić information content (AvgIpc) is 2.42. The summed E-state index contributed by atoms with van der Waals surface area (Å²) in [6, 6.07) is 1.91. The molecule has 0 bridgehead atoms. The van der Waals surface area contributed by atoms with Crippen LogP contribution in [0.4, 0.5) is 11.6 Å².